The summed E-state index contributed by atoms with van der Waals surface area (Å²) in [7, 11) is 0. The quantitative estimate of drug-likeness (QED) is 0.875. The van der Waals surface area contributed by atoms with E-state index in [9.17, 15) is 4.79 Å². The molecule has 0 aliphatic heterocycles. The predicted octanol–water partition coefficient (Wildman–Crippen LogP) is 3.63. The van der Waals surface area contributed by atoms with Crippen LogP contribution in [-0.4, -0.2) is 5.91 Å². The van der Waals surface area contributed by atoms with Crippen LogP contribution >= 0.6 is 11.3 Å². The molecule has 0 aliphatic rings. The van der Waals surface area contributed by atoms with Crippen LogP contribution in [0.1, 0.15) is 34.6 Å². The highest BCUT2D eigenvalue weighted by Crippen LogP contribution is 2.17. The lowest BCUT2D eigenvalue weighted by Crippen LogP contribution is -2.27. The zero-order chi connectivity index (χ0) is 12.1. The molecule has 1 unspecified atom stereocenters. The average Bonchev–Trinajstić information content (AvgIpc) is 2.90. The van der Waals surface area contributed by atoms with Gasteiger partial charge in [-0.25, -0.2) is 0 Å². The molecule has 0 spiro atoms. The van der Waals surface area contributed by atoms with Gasteiger partial charge in [-0.2, -0.15) is 0 Å². The van der Waals surface area contributed by atoms with E-state index < -0.39 is 0 Å². The Labute approximate surface area is 105 Å². The molecule has 1 heterocycles. The van der Waals surface area contributed by atoms with Gasteiger partial charge in [-0.1, -0.05) is 43.3 Å². The van der Waals surface area contributed by atoms with Gasteiger partial charge in [-0.3, -0.25) is 4.79 Å². The Morgan fingerprint density at radius 2 is 2.00 bits per heavy atom. The van der Waals surface area contributed by atoms with Crippen LogP contribution in [0.2, 0.25) is 0 Å². The Balaban J connectivity index is 2.09. The second kappa shape index (κ2) is 5.64. The van der Waals surface area contributed by atoms with Crippen LogP contribution in [0.5, 0.6) is 0 Å². The molecule has 1 amide bonds. The molecule has 88 valence electrons. The Kier molecular flexibility index (Phi) is 3.94. The van der Waals surface area contributed by atoms with Crippen molar-refractivity contribution in [3.63, 3.8) is 0 Å². The summed E-state index contributed by atoms with van der Waals surface area (Å²) < 4.78 is 0. The third kappa shape index (κ3) is 2.94. The maximum absolute atomic E-state index is 11.9. The van der Waals surface area contributed by atoms with Crippen LogP contribution in [0.25, 0.3) is 0 Å². The van der Waals surface area contributed by atoms with Crippen molar-refractivity contribution in [2.45, 2.75) is 19.4 Å². The first kappa shape index (κ1) is 11.9. The molecule has 0 saturated carbocycles. The normalized spacial score (nSPS) is 12.1. The molecule has 2 rings (SSSR count). The van der Waals surface area contributed by atoms with E-state index in [1.165, 1.54) is 11.3 Å². The van der Waals surface area contributed by atoms with Gasteiger partial charge in [-0.15, -0.1) is 11.3 Å². The molecule has 3 heteroatoms. The molecule has 0 aliphatic carbocycles. The molecule has 17 heavy (non-hydrogen) atoms. The van der Waals surface area contributed by atoms with Crippen LogP contribution in [0.3, 0.4) is 0 Å². The van der Waals surface area contributed by atoms with Crippen LogP contribution < -0.4 is 5.32 Å². The molecule has 2 aromatic rings. The van der Waals surface area contributed by atoms with Crippen molar-refractivity contribution in [3.05, 3.63) is 58.3 Å². The van der Waals surface area contributed by atoms with E-state index in [1.807, 2.05) is 47.8 Å². The first-order valence-corrected chi connectivity index (χ1v) is 6.58. The number of nitrogens with one attached hydrogen (secondary N) is 1. The number of thiophene rings is 1. The minimum Gasteiger partial charge on any atom is -0.345 e. The smallest absolute Gasteiger partial charge is 0.261 e. The highest BCUT2D eigenvalue weighted by atomic mass is 32.1. The van der Waals surface area contributed by atoms with Gasteiger partial charge in [0.25, 0.3) is 5.91 Å². The monoisotopic (exact) mass is 245 g/mol. The fraction of sp³-hybridized carbons (Fsp3) is 0.214. The summed E-state index contributed by atoms with van der Waals surface area (Å²) in [6, 6.07) is 13.9. The van der Waals surface area contributed by atoms with E-state index >= 15 is 0 Å². The van der Waals surface area contributed by atoms with Crippen molar-refractivity contribution in [1.82, 2.24) is 5.32 Å². The number of amides is 1. The fourth-order valence-electron chi connectivity index (χ4n) is 1.74. The minimum atomic E-state index is 0.00991. The molecular weight excluding hydrogens is 230 g/mol. The molecule has 1 atom stereocenters. The van der Waals surface area contributed by atoms with E-state index in [4.69, 9.17) is 0 Å². The molecule has 2 nitrogen and oxygen atoms in total. The summed E-state index contributed by atoms with van der Waals surface area (Å²) >= 11 is 1.47. The van der Waals surface area contributed by atoms with Gasteiger partial charge in [0.05, 0.1) is 10.9 Å². The molecule has 1 aromatic heterocycles. The van der Waals surface area contributed by atoms with Crippen molar-refractivity contribution in [2.75, 3.05) is 0 Å². The van der Waals surface area contributed by atoms with E-state index in [0.29, 0.717) is 0 Å². The maximum Gasteiger partial charge on any atom is 0.261 e. The summed E-state index contributed by atoms with van der Waals surface area (Å²) in [6.45, 7) is 2.08. The first-order valence-electron chi connectivity index (χ1n) is 5.70. The third-order valence-corrected chi connectivity index (χ3v) is 3.53. The van der Waals surface area contributed by atoms with Gasteiger partial charge >= 0.3 is 0 Å². The lowest BCUT2D eigenvalue weighted by atomic mass is 10.0. The van der Waals surface area contributed by atoms with E-state index in [2.05, 4.69) is 12.2 Å². The molecule has 0 radical (unpaired) electrons. The minimum absolute atomic E-state index is 0.00991. The molecule has 0 bridgehead atoms. The van der Waals surface area contributed by atoms with Crippen LogP contribution in [0.15, 0.2) is 47.8 Å². The fourth-order valence-corrected chi connectivity index (χ4v) is 2.37. The largest absolute Gasteiger partial charge is 0.345 e. The predicted molar refractivity (Wildman–Crippen MR) is 71.3 cm³/mol. The number of hydrogen-bond acceptors (Lipinski definition) is 2. The van der Waals surface area contributed by atoms with Crippen molar-refractivity contribution < 1.29 is 4.79 Å². The molecule has 0 fully saturated rings. The van der Waals surface area contributed by atoms with Gasteiger partial charge in [0, 0.05) is 0 Å². The van der Waals surface area contributed by atoms with E-state index in [0.717, 1.165) is 16.9 Å². The van der Waals surface area contributed by atoms with Crippen molar-refractivity contribution >= 4 is 17.2 Å². The standard InChI is InChI=1S/C14H15NOS/c1-2-12(11-7-4-3-5-8-11)15-14(16)13-9-6-10-17-13/h3-10,12H,2H2,1H3,(H,15,16). The van der Waals surface area contributed by atoms with Crippen molar-refractivity contribution in [2.24, 2.45) is 0 Å². The lowest BCUT2D eigenvalue weighted by molar-refractivity contribution is 0.0939. The number of carbonyl (C=O) groups excluding carboxylic acids is 1. The van der Waals surface area contributed by atoms with Crippen LogP contribution in [-0.2, 0) is 0 Å². The Morgan fingerprint density at radius 1 is 1.24 bits per heavy atom. The number of hydrogen-bond donors (Lipinski definition) is 1. The average molecular weight is 245 g/mol. The van der Waals surface area contributed by atoms with Crippen molar-refractivity contribution in [1.29, 1.82) is 0 Å². The summed E-state index contributed by atoms with van der Waals surface area (Å²) in [4.78, 5) is 12.7. The van der Waals surface area contributed by atoms with E-state index in [-0.39, 0.29) is 11.9 Å². The van der Waals surface area contributed by atoms with E-state index in [1.54, 1.807) is 0 Å². The number of carbonyl (C=O) groups is 1. The summed E-state index contributed by atoms with van der Waals surface area (Å²) in [6.07, 6.45) is 0.890. The summed E-state index contributed by atoms with van der Waals surface area (Å²) in [5.74, 6) is 0.00991. The Bertz CT molecular complexity index is 464. The maximum atomic E-state index is 11.9. The van der Waals surface area contributed by atoms with Crippen LogP contribution in [0, 0.1) is 0 Å². The molecular formula is C14H15NOS. The van der Waals surface area contributed by atoms with Gasteiger partial charge in [0.1, 0.15) is 0 Å². The topological polar surface area (TPSA) is 29.1 Å². The third-order valence-electron chi connectivity index (χ3n) is 2.66. The van der Waals surface area contributed by atoms with Crippen LogP contribution in [0.4, 0.5) is 0 Å². The van der Waals surface area contributed by atoms with Gasteiger partial charge in [-0.05, 0) is 23.4 Å². The highest BCUT2D eigenvalue weighted by Gasteiger charge is 2.13. The van der Waals surface area contributed by atoms with Gasteiger partial charge < -0.3 is 5.32 Å². The van der Waals surface area contributed by atoms with Gasteiger partial charge in [0.15, 0.2) is 0 Å². The Morgan fingerprint density at radius 3 is 2.59 bits per heavy atom. The second-order valence-electron chi connectivity index (χ2n) is 3.82. The van der Waals surface area contributed by atoms with Gasteiger partial charge in [0.2, 0.25) is 0 Å². The Hall–Kier alpha value is -1.61. The molecule has 1 aromatic carbocycles. The van der Waals surface area contributed by atoms with Crippen molar-refractivity contribution in [3.8, 4) is 0 Å². The summed E-state index contributed by atoms with van der Waals surface area (Å²) in [5.41, 5.74) is 1.15. The molecule has 1 N–H and O–H groups in total. The lowest BCUT2D eigenvalue weighted by Gasteiger charge is -2.16. The highest BCUT2D eigenvalue weighted by molar-refractivity contribution is 7.12. The molecule has 0 saturated heterocycles. The number of benzene rings is 1. The summed E-state index contributed by atoms with van der Waals surface area (Å²) in [5, 5.41) is 4.97. The number of rotatable bonds is 4. The SMILES string of the molecule is CCC(NC(=O)c1cccs1)c1ccccc1. The zero-order valence-corrected chi connectivity index (χ0v) is 10.5. The second-order valence-corrected chi connectivity index (χ2v) is 4.77. The zero-order valence-electron chi connectivity index (χ0n) is 9.72. The first-order chi connectivity index (χ1) is 8.31.